The summed E-state index contributed by atoms with van der Waals surface area (Å²) >= 11 is 0. The molecule has 0 aromatic heterocycles. The second kappa shape index (κ2) is 5.08. The fourth-order valence-electron chi connectivity index (χ4n) is 1.45. The topological polar surface area (TPSA) is 61.5 Å². The summed E-state index contributed by atoms with van der Waals surface area (Å²) in [6.07, 6.45) is 0.193. The van der Waals surface area contributed by atoms with Crippen molar-refractivity contribution in [1.82, 2.24) is 0 Å². The van der Waals surface area contributed by atoms with E-state index < -0.39 is 5.60 Å². The van der Waals surface area contributed by atoms with Gasteiger partial charge in [-0.25, -0.2) is 0 Å². The third-order valence-corrected chi connectivity index (χ3v) is 1.99. The fraction of sp³-hybridized carbons (Fsp3) is 0.462. The summed E-state index contributed by atoms with van der Waals surface area (Å²) in [6, 6.07) is 5.23. The lowest BCUT2D eigenvalue weighted by Crippen LogP contribution is -2.24. The number of benzene rings is 1. The molecule has 0 atom stereocenters. The van der Waals surface area contributed by atoms with Crippen molar-refractivity contribution in [2.75, 3.05) is 12.8 Å². The van der Waals surface area contributed by atoms with Gasteiger partial charge in [-0.1, -0.05) is 0 Å². The molecule has 94 valence electrons. The first-order valence-corrected chi connectivity index (χ1v) is 5.45. The zero-order valence-electron chi connectivity index (χ0n) is 10.7. The lowest BCUT2D eigenvalue weighted by molar-refractivity contribution is -0.153. The van der Waals surface area contributed by atoms with Crippen LogP contribution in [0.1, 0.15) is 26.3 Å². The van der Waals surface area contributed by atoms with Gasteiger partial charge in [-0.2, -0.15) is 0 Å². The number of carbonyl (C=O) groups excluding carboxylic acids is 1. The maximum Gasteiger partial charge on any atom is 0.310 e. The van der Waals surface area contributed by atoms with Crippen molar-refractivity contribution in [3.8, 4) is 5.75 Å². The monoisotopic (exact) mass is 237 g/mol. The number of anilines is 1. The second-order valence-corrected chi connectivity index (χ2v) is 4.88. The van der Waals surface area contributed by atoms with Gasteiger partial charge in [-0.05, 0) is 38.5 Å². The molecule has 0 aliphatic rings. The molecule has 0 amide bonds. The van der Waals surface area contributed by atoms with E-state index in [2.05, 4.69) is 0 Å². The maximum atomic E-state index is 11.6. The molecule has 4 heteroatoms. The van der Waals surface area contributed by atoms with Crippen molar-refractivity contribution in [1.29, 1.82) is 0 Å². The number of methoxy groups -OCH3 is 1. The number of esters is 1. The average Bonchev–Trinajstić information content (AvgIpc) is 2.13. The predicted octanol–water partition coefficient (Wildman–Crippen LogP) is 2.16. The van der Waals surface area contributed by atoms with Crippen LogP contribution in [0.3, 0.4) is 0 Å². The fourth-order valence-corrected chi connectivity index (χ4v) is 1.45. The van der Waals surface area contributed by atoms with Crippen LogP contribution in [-0.4, -0.2) is 18.7 Å². The molecule has 0 saturated carbocycles. The summed E-state index contributed by atoms with van der Waals surface area (Å²) in [5, 5.41) is 0. The van der Waals surface area contributed by atoms with Gasteiger partial charge in [0, 0.05) is 11.8 Å². The van der Waals surface area contributed by atoms with Crippen molar-refractivity contribution in [2.24, 2.45) is 0 Å². The van der Waals surface area contributed by atoms with E-state index in [0.29, 0.717) is 11.4 Å². The van der Waals surface area contributed by atoms with Crippen molar-refractivity contribution >= 4 is 11.7 Å². The first-order chi connectivity index (χ1) is 7.80. The number of nitrogen functional groups attached to an aromatic ring is 1. The highest BCUT2D eigenvalue weighted by Gasteiger charge is 2.16. The highest BCUT2D eigenvalue weighted by Crippen LogP contribution is 2.19. The highest BCUT2D eigenvalue weighted by atomic mass is 16.6. The quantitative estimate of drug-likeness (QED) is 0.646. The van der Waals surface area contributed by atoms with Gasteiger partial charge in [0.2, 0.25) is 0 Å². The minimum absolute atomic E-state index is 0.193. The van der Waals surface area contributed by atoms with E-state index in [1.807, 2.05) is 20.8 Å². The van der Waals surface area contributed by atoms with Gasteiger partial charge in [0.05, 0.1) is 13.5 Å². The van der Waals surface area contributed by atoms with E-state index in [-0.39, 0.29) is 12.4 Å². The second-order valence-electron chi connectivity index (χ2n) is 4.88. The molecule has 1 aromatic carbocycles. The molecule has 0 unspecified atom stereocenters. The van der Waals surface area contributed by atoms with Crippen LogP contribution < -0.4 is 10.5 Å². The summed E-state index contributed by atoms with van der Waals surface area (Å²) in [4.78, 5) is 11.6. The molecule has 4 nitrogen and oxygen atoms in total. The van der Waals surface area contributed by atoms with E-state index in [1.165, 1.54) is 0 Å². The van der Waals surface area contributed by atoms with E-state index in [9.17, 15) is 4.79 Å². The van der Waals surface area contributed by atoms with Crippen LogP contribution in [0.2, 0.25) is 0 Å². The zero-order chi connectivity index (χ0) is 13.1. The number of hydrogen-bond acceptors (Lipinski definition) is 4. The number of carbonyl (C=O) groups is 1. The van der Waals surface area contributed by atoms with Gasteiger partial charge < -0.3 is 15.2 Å². The van der Waals surface area contributed by atoms with Crippen molar-refractivity contribution in [3.05, 3.63) is 23.8 Å². The Kier molecular flexibility index (Phi) is 3.99. The summed E-state index contributed by atoms with van der Waals surface area (Å²) in [5.74, 6) is 0.369. The van der Waals surface area contributed by atoms with Gasteiger partial charge in [0.1, 0.15) is 11.4 Å². The Bertz CT molecular complexity index is 408. The summed E-state index contributed by atoms with van der Waals surface area (Å²) in [7, 11) is 1.56. The molecule has 0 bridgehead atoms. The Hall–Kier alpha value is -1.71. The Morgan fingerprint density at radius 2 is 1.94 bits per heavy atom. The van der Waals surface area contributed by atoms with Gasteiger partial charge >= 0.3 is 5.97 Å². The third-order valence-electron chi connectivity index (χ3n) is 1.99. The van der Waals surface area contributed by atoms with Crippen molar-refractivity contribution in [2.45, 2.75) is 32.8 Å². The SMILES string of the molecule is COc1cc(N)cc(CC(=O)OC(C)(C)C)c1. The number of hydrogen-bond donors (Lipinski definition) is 1. The molecule has 0 saturated heterocycles. The first kappa shape index (κ1) is 13.4. The molecule has 0 aliphatic heterocycles. The van der Waals surface area contributed by atoms with Gasteiger partial charge in [0.25, 0.3) is 0 Å². The van der Waals surface area contributed by atoms with Crippen LogP contribution in [-0.2, 0) is 16.0 Å². The lowest BCUT2D eigenvalue weighted by atomic mass is 10.1. The first-order valence-electron chi connectivity index (χ1n) is 5.45. The molecule has 1 aromatic rings. The molecule has 0 spiro atoms. The van der Waals surface area contributed by atoms with Crippen molar-refractivity contribution in [3.63, 3.8) is 0 Å². The Morgan fingerprint density at radius 1 is 1.29 bits per heavy atom. The molecule has 17 heavy (non-hydrogen) atoms. The molecule has 1 rings (SSSR count). The number of nitrogens with two attached hydrogens (primary N) is 1. The summed E-state index contributed by atoms with van der Waals surface area (Å²) in [6.45, 7) is 5.51. The molecule has 0 fully saturated rings. The molecule has 0 aliphatic carbocycles. The largest absolute Gasteiger partial charge is 0.497 e. The summed E-state index contributed by atoms with van der Waals surface area (Å²) in [5.41, 5.74) is 6.60. The Morgan fingerprint density at radius 3 is 2.47 bits per heavy atom. The van der Waals surface area contributed by atoms with Crippen molar-refractivity contribution < 1.29 is 14.3 Å². The van der Waals surface area contributed by atoms with E-state index in [4.69, 9.17) is 15.2 Å². The molecule has 2 N–H and O–H groups in total. The smallest absolute Gasteiger partial charge is 0.310 e. The van der Waals surface area contributed by atoms with Gasteiger partial charge in [-0.15, -0.1) is 0 Å². The standard InChI is InChI=1S/C13H19NO3/c1-13(2,3)17-12(15)7-9-5-10(14)8-11(6-9)16-4/h5-6,8H,7,14H2,1-4H3. The van der Waals surface area contributed by atoms with Gasteiger partial charge in [0.15, 0.2) is 0 Å². The Labute approximate surface area is 102 Å². The van der Waals surface area contributed by atoms with E-state index in [0.717, 1.165) is 5.56 Å². The van der Waals surface area contributed by atoms with Crippen LogP contribution in [0.5, 0.6) is 5.75 Å². The molecular formula is C13H19NO3. The minimum atomic E-state index is -0.471. The lowest BCUT2D eigenvalue weighted by Gasteiger charge is -2.19. The molecule has 0 heterocycles. The molecule has 0 radical (unpaired) electrons. The van der Waals surface area contributed by atoms with Crippen LogP contribution in [0.15, 0.2) is 18.2 Å². The van der Waals surface area contributed by atoms with Crippen LogP contribution in [0, 0.1) is 0 Å². The third kappa shape index (κ3) is 4.76. The zero-order valence-corrected chi connectivity index (χ0v) is 10.7. The highest BCUT2D eigenvalue weighted by molar-refractivity contribution is 5.73. The van der Waals surface area contributed by atoms with Crippen LogP contribution in [0.25, 0.3) is 0 Å². The number of rotatable bonds is 3. The Balaban J connectivity index is 2.74. The average molecular weight is 237 g/mol. The molecular weight excluding hydrogens is 218 g/mol. The minimum Gasteiger partial charge on any atom is -0.497 e. The van der Waals surface area contributed by atoms with Crippen LogP contribution in [0.4, 0.5) is 5.69 Å². The predicted molar refractivity (Wildman–Crippen MR) is 67.0 cm³/mol. The number of ether oxygens (including phenoxy) is 2. The van der Waals surface area contributed by atoms with Gasteiger partial charge in [-0.3, -0.25) is 4.79 Å². The van der Waals surface area contributed by atoms with Crippen LogP contribution >= 0.6 is 0 Å². The van der Waals surface area contributed by atoms with E-state index in [1.54, 1.807) is 25.3 Å². The normalized spacial score (nSPS) is 11.1. The maximum absolute atomic E-state index is 11.6. The summed E-state index contributed by atoms with van der Waals surface area (Å²) < 4.78 is 10.3. The van der Waals surface area contributed by atoms with E-state index >= 15 is 0 Å².